The number of carbonyl (C=O) groups excluding carboxylic acids is 1. The first kappa shape index (κ1) is 11.9. The fourth-order valence-corrected chi connectivity index (χ4v) is 0.172. The van der Waals surface area contributed by atoms with Crippen LogP contribution in [0.25, 0.3) is 0 Å². The smallest absolute Gasteiger partial charge is 0.126 e. The second kappa shape index (κ2) is 8.21. The number of rotatable bonds is 1. The normalized spacial score (nSPS) is 9.30. The van der Waals surface area contributed by atoms with Gasteiger partial charge < -0.3 is 9.90 Å². The highest BCUT2D eigenvalue weighted by Gasteiger charge is 1.77. The van der Waals surface area contributed by atoms with E-state index in [1.54, 1.807) is 6.08 Å². The van der Waals surface area contributed by atoms with Crippen molar-refractivity contribution < 1.29 is 9.90 Å². The van der Waals surface area contributed by atoms with Crippen molar-refractivity contribution in [2.24, 2.45) is 5.92 Å². The molecule has 0 heterocycles. The summed E-state index contributed by atoms with van der Waals surface area (Å²) in [7, 11) is 0. The lowest BCUT2D eigenvalue weighted by atomic mass is 10.2. The summed E-state index contributed by atoms with van der Waals surface area (Å²) in [6, 6.07) is 0. The second-order valence-corrected chi connectivity index (χ2v) is 2.49. The molecule has 60 valence electrons. The zero-order valence-corrected chi connectivity index (χ0v) is 7.09. The molecule has 0 aliphatic carbocycles. The van der Waals surface area contributed by atoms with E-state index in [2.05, 4.69) is 0 Å². The van der Waals surface area contributed by atoms with E-state index in [9.17, 15) is 4.79 Å². The highest BCUT2D eigenvalue weighted by Crippen LogP contribution is 1.89. The molecular weight excluding hydrogens is 128 g/mol. The van der Waals surface area contributed by atoms with Gasteiger partial charge in [-0.3, -0.25) is 0 Å². The lowest BCUT2D eigenvalue weighted by Crippen LogP contribution is -1.74. The van der Waals surface area contributed by atoms with Crippen LogP contribution >= 0.6 is 0 Å². The van der Waals surface area contributed by atoms with E-state index in [4.69, 9.17) is 5.11 Å². The Bertz CT molecular complexity index is 99.8. The van der Waals surface area contributed by atoms with Gasteiger partial charge in [0.25, 0.3) is 0 Å². The Balaban J connectivity index is 0. The van der Waals surface area contributed by atoms with Gasteiger partial charge in [0.15, 0.2) is 0 Å². The SMILES string of the molecule is CC(C)/C=C/O.CC(C)=O. The first-order valence-electron chi connectivity index (χ1n) is 3.28. The first-order valence-corrected chi connectivity index (χ1v) is 3.28. The van der Waals surface area contributed by atoms with Gasteiger partial charge in [-0.1, -0.05) is 13.8 Å². The summed E-state index contributed by atoms with van der Waals surface area (Å²) in [6.45, 7) is 7.07. The lowest BCUT2D eigenvalue weighted by Gasteiger charge is -1.86. The number of aliphatic hydroxyl groups is 1. The number of Topliss-reactive ketones (excluding diaryl/α,β-unsaturated/α-hetero) is 1. The maximum atomic E-state index is 9.44. The molecule has 0 saturated heterocycles. The molecule has 10 heavy (non-hydrogen) atoms. The van der Waals surface area contributed by atoms with Gasteiger partial charge in [-0.15, -0.1) is 0 Å². The number of hydrogen-bond acceptors (Lipinski definition) is 2. The molecule has 0 spiro atoms. The third kappa shape index (κ3) is 56.9. The molecular formula is C8H16O2. The molecule has 0 aromatic rings. The van der Waals surface area contributed by atoms with E-state index >= 15 is 0 Å². The summed E-state index contributed by atoms with van der Waals surface area (Å²) in [5.41, 5.74) is 0. The van der Waals surface area contributed by atoms with Crippen molar-refractivity contribution in [2.75, 3.05) is 0 Å². The van der Waals surface area contributed by atoms with Crippen molar-refractivity contribution in [3.8, 4) is 0 Å². The van der Waals surface area contributed by atoms with Crippen LogP contribution in [-0.2, 0) is 4.79 Å². The maximum absolute atomic E-state index is 9.44. The quantitative estimate of drug-likeness (QED) is 0.573. The molecule has 0 atom stereocenters. The molecule has 0 bridgehead atoms. The van der Waals surface area contributed by atoms with Gasteiger partial charge in [-0.2, -0.15) is 0 Å². The summed E-state index contributed by atoms with van der Waals surface area (Å²) in [5.74, 6) is 0.634. The fraction of sp³-hybridized carbons (Fsp3) is 0.625. The van der Waals surface area contributed by atoms with Gasteiger partial charge in [0, 0.05) is 0 Å². The first-order chi connectivity index (χ1) is 4.50. The fourth-order valence-electron chi connectivity index (χ4n) is 0.172. The molecule has 0 saturated carbocycles. The van der Waals surface area contributed by atoms with Crippen LogP contribution in [0.4, 0.5) is 0 Å². The number of carbonyl (C=O) groups is 1. The zero-order chi connectivity index (χ0) is 8.57. The van der Waals surface area contributed by atoms with Crippen LogP contribution in [-0.4, -0.2) is 10.9 Å². The molecule has 0 unspecified atom stereocenters. The summed E-state index contributed by atoms with van der Waals surface area (Å²) < 4.78 is 0. The lowest BCUT2D eigenvalue weighted by molar-refractivity contribution is -0.114. The van der Waals surface area contributed by atoms with Crippen LogP contribution in [0.1, 0.15) is 27.7 Å². The summed E-state index contributed by atoms with van der Waals surface area (Å²) in [5, 5.41) is 8.06. The van der Waals surface area contributed by atoms with Gasteiger partial charge in [0.1, 0.15) is 5.78 Å². The van der Waals surface area contributed by atoms with E-state index in [0.29, 0.717) is 5.92 Å². The molecule has 0 aromatic carbocycles. The molecule has 0 aliphatic rings. The average molecular weight is 144 g/mol. The Morgan fingerprint density at radius 2 is 1.70 bits per heavy atom. The average Bonchev–Trinajstić information content (AvgIpc) is 1.62. The monoisotopic (exact) mass is 144 g/mol. The van der Waals surface area contributed by atoms with Crippen LogP contribution in [0.2, 0.25) is 0 Å². The largest absolute Gasteiger partial charge is 0.516 e. The molecule has 0 amide bonds. The Labute approximate surface area is 62.6 Å². The molecule has 0 radical (unpaired) electrons. The minimum Gasteiger partial charge on any atom is -0.516 e. The molecule has 0 aliphatic heterocycles. The third-order valence-electron chi connectivity index (χ3n) is 0.471. The second-order valence-electron chi connectivity index (χ2n) is 2.49. The van der Waals surface area contributed by atoms with Crippen molar-refractivity contribution in [3.05, 3.63) is 12.3 Å². The molecule has 2 heteroatoms. The molecule has 1 N–H and O–H groups in total. The molecule has 0 rings (SSSR count). The van der Waals surface area contributed by atoms with E-state index in [0.717, 1.165) is 6.26 Å². The van der Waals surface area contributed by atoms with Gasteiger partial charge in [-0.05, 0) is 25.8 Å². The van der Waals surface area contributed by atoms with Crippen molar-refractivity contribution >= 4 is 5.78 Å². The van der Waals surface area contributed by atoms with Crippen LogP contribution in [0.15, 0.2) is 12.3 Å². The van der Waals surface area contributed by atoms with Crippen molar-refractivity contribution in [1.82, 2.24) is 0 Å². The molecule has 0 aromatic heterocycles. The maximum Gasteiger partial charge on any atom is 0.126 e. The van der Waals surface area contributed by atoms with Gasteiger partial charge in [0.2, 0.25) is 0 Å². The zero-order valence-electron chi connectivity index (χ0n) is 7.09. The van der Waals surface area contributed by atoms with E-state index in [1.165, 1.54) is 13.8 Å². The number of aliphatic hydroxyl groups excluding tert-OH is 1. The summed E-state index contributed by atoms with van der Waals surface area (Å²) in [6.07, 6.45) is 2.80. The van der Waals surface area contributed by atoms with Crippen LogP contribution in [0.3, 0.4) is 0 Å². The molecule has 0 fully saturated rings. The topological polar surface area (TPSA) is 37.3 Å². The highest BCUT2D eigenvalue weighted by molar-refractivity contribution is 5.72. The number of ketones is 1. The Kier molecular flexibility index (Phi) is 9.80. The Morgan fingerprint density at radius 3 is 1.70 bits per heavy atom. The van der Waals surface area contributed by atoms with Gasteiger partial charge >= 0.3 is 0 Å². The highest BCUT2D eigenvalue weighted by atomic mass is 16.2. The Hall–Kier alpha value is -0.790. The minimum atomic E-state index is 0.167. The van der Waals surface area contributed by atoms with Crippen molar-refractivity contribution in [1.29, 1.82) is 0 Å². The molecule has 2 nitrogen and oxygen atoms in total. The Morgan fingerprint density at radius 1 is 1.40 bits per heavy atom. The predicted molar refractivity (Wildman–Crippen MR) is 43.0 cm³/mol. The van der Waals surface area contributed by atoms with Gasteiger partial charge in [0.05, 0.1) is 6.26 Å². The van der Waals surface area contributed by atoms with Crippen molar-refractivity contribution in [2.45, 2.75) is 27.7 Å². The van der Waals surface area contributed by atoms with E-state index < -0.39 is 0 Å². The standard InChI is InChI=1S/C5H10O.C3H6O/c1-5(2)3-4-6;1-3(2)4/h3-6H,1-2H3;1-2H3/b4-3+;. The van der Waals surface area contributed by atoms with E-state index in [1.807, 2.05) is 13.8 Å². The minimum absolute atomic E-state index is 0.167. The number of hydrogen-bond donors (Lipinski definition) is 1. The van der Waals surface area contributed by atoms with E-state index in [-0.39, 0.29) is 5.78 Å². The van der Waals surface area contributed by atoms with Crippen LogP contribution < -0.4 is 0 Å². The van der Waals surface area contributed by atoms with Gasteiger partial charge in [-0.25, -0.2) is 0 Å². The van der Waals surface area contributed by atoms with Crippen molar-refractivity contribution in [3.63, 3.8) is 0 Å². The van der Waals surface area contributed by atoms with Crippen LogP contribution in [0, 0.1) is 5.92 Å². The third-order valence-corrected chi connectivity index (χ3v) is 0.471. The summed E-state index contributed by atoms with van der Waals surface area (Å²) >= 11 is 0. The predicted octanol–water partition coefficient (Wildman–Crippen LogP) is 2.31. The number of allylic oxidation sites excluding steroid dienone is 1. The van der Waals surface area contributed by atoms with Crippen LogP contribution in [0.5, 0.6) is 0 Å². The summed E-state index contributed by atoms with van der Waals surface area (Å²) in [4.78, 5) is 9.44.